The van der Waals surface area contributed by atoms with Gasteiger partial charge in [0.1, 0.15) is 0 Å². The number of carboxylic acid groups (broad SMARTS) is 1. The third-order valence-electron chi connectivity index (χ3n) is 5.94. The normalized spacial score (nSPS) is 31.3. The molecular formula is C18H23NO2. The first-order valence-corrected chi connectivity index (χ1v) is 8.24. The molecule has 1 aromatic carbocycles. The van der Waals surface area contributed by atoms with E-state index in [0.29, 0.717) is 5.92 Å². The monoisotopic (exact) mass is 285 g/mol. The summed E-state index contributed by atoms with van der Waals surface area (Å²) in [5.74, 6) is -0.203. The van der Waals surface area contributed by atoms with E-state index in [0.717, 1.165) is 38.9 Å². The van der Waals surface area contributed by atoms with Crippen molar-refractivity contribution in [2.45, 2.75) is 45.1 Å². The molecule has 0 bridgehead atoms. The van der Waals surface area contributed by atoms with Crippen LogP contribution in [0, 0.1) is 11.3 Å². The molecule has 1 aliphatic heterocycles. The van der Waals surface area contributed by atoms with Crippen molar-refractivity contribution in [3.8, 4) is 0 Å². The van der Waals surface area contributed by atoms with E-state index in [1.807, 2.05) is 0 Å². The zero-order valence-electron chi connectivity index (χ0n) is 12.5. The quantitative estimate of drug-likeness (QED) is 0.928. The number of benzene rings is 1. The van der Waals surface area contributed by atoms with Crippen LogP contribution in [-0.4, -0.2) is 29.1 Å². The molecule has 1 saturated heterocycles. The fourth-order valence-corrected chi connectivity index (χ4v) is 4.85. The molecule has 1 heterocycles. The molecular weight excluding hydrogens is 262 g/mol. The molecule has 1 saturated carbocycles. The molecule has 0 spiro atoms. The SMILES string of the molecule is O=C(O)[C@@]12CCC[C@H]1CN(Cc1ccc3c(c1)CCC3)C2. The Morgan fingerprint density at radius 3 is 2.95 bits per heavy atom. The molecule has 112 valence electrons. The Hall–Kier alpha value is -1.35. The van der Waals surface area contributed by atoms with E-state index >= 15 is 0 Å². The molecule has 2 atom stereocenters. The fraction of sp³-hybridized carbons (Fsp3) is 0.611. The predicted molar refractivity (Wildman–Crippen MR) is 81.2 cm³/mol. The minimum absolute atomic E-state index is 0.365. The van der Waals surface area contributed by atoms with Gasteiger partial charge in [-0.05, 0) is 54.7 Å². The van der Waals surface area contributed by atoms with Crippen molar-refractivity contribution in [3.05, 3.63) is 34.9 Å². The number of rotatable bonds is 3. The minimum atomic E-state index is -0.568. The van der Waals surface area contributed by atoms with Crippen LogP contribution >= 0.6 is 0 Å². The van der Waals surface area contributed by atoms with E-state index in [1.165, 1.54) is 36.0 Å². The lowest BCUT2D eigenvalue weighted by Crippen LogP contribution is -2.35. The van der Waals surface area contributed by atoms with Gasteiger partial charge in [-0.25, -0.2) is 0 Å². The summed E-state index contributed by atoms with van der Waals surface area (Å²) in [6, 6.07) is 6.87. The predicted octanol–water partition coefficient (Wildman–Crippen LogP) is 2.86. The van der Waals surface area contributed by atoms with Crippen LogP contribution in [0.5, 0.6) is 0 Å². The Kier molecular flexibility index (Phi) is 3.07. The lowest BCUT2D eigenvalue weighted by atomic mass is 9.81. The van der Waals surface area contributed by atoms with Gasteiger partial charge in [-0.2, -0.15) is 0 Å². The second-order valence-electron chi connectivity index (χ2n) is 7.18. The van der Waals surface area contributed by atoms with E-state index in [1.54, 1.807) is 0 Å². The number of carboxylic acids is 1. The summed E-state index contributed by atoms with van der Waals surface area (Å²) in [5, 5.41) is 9.66. The highest BCUT2D eigenvalue weighted by Crippen LogP contribution is 2.49. The van der Waals surface area contributed by atoms with Crippen LogP contribution in [0.25, 0.3) is 0 Å². The summed E-state index contributed by atoms with van der Waals surface area (Å²) < 4.78 is 0. The number of likely N-dealkylation sites (tertiary alicyclic amines) is 1. The molecule has 2 aliphatic carbocycles. The van der Waals surface area contributed by atoms with Gasteiger partial charge in [0, 0.05) is 19.6 Å². The van der Waals surface area contributed by atoms with Gasteiger partial charge in [0.2, 0.25) is 0 Å². The minimum Gasteiger partial charge on any atom is -0.481 e. The highest BCUT2D eigenvalue weighted by molar-refractivity contribution is 5.76. The molecule has 3 aliphatic rings. The highest BCUT2D eigenvalue weighted by Gasteiger charge is 2.54. The van der Waals surface area contributed by atoms with Crippen molar-refractivity contribution in [2.75, 3.05) is 13.1 Å². The van der Waals surface area contributed by atoms with Crippen LogP contribution < -0.4 is 0 Å². The van der Waals surface area contributed by atoms with E-state index in [9.17, 15) is 9.90 Å². The van der Waals surface area contributed by atoms with Crippen molar-refractivity contribution in [1.29, 1.82) is 0 Å². The van der Waals surface area contributed by atoms with Crippen molar-refractivity contribution < 1.29 is 9.90 Å². The first kappa shape index (κ1) is 13.3. The van der Waals surface area contributed by atoms with E-state index in [-0.39, 0.29) is 0 Å². The molecule has 1 N–H and O–H groups in total. The van der Waals surface area contributed by atoms with Gasteiger partial charge in [0.25, 0.3) is 0 Å². The highest BCUT2D eigenvalue weighted by atomic mass is 16.4. The lowest BCUT2D eigenvalue weighted by molar-refractivity contribution is -0.149. The average Bonchev–Trinajstić information content (AvgIpc) is 3.10. The number of hydrogen-bond donors (Lipinski definition) is 1. The van der Waals surface area contributed by atoms with Gasteiger partial charge in [0.15, 0.2) is 0 Å². The van der Waals surface area contributed by atoms with E-state index < -0.39 is 11.4 Å². The summed E-state index contributed by atoms with van der Waals surface area (Å²) in [7, 11) is 0. The number of hydrogen-bond acceptors (Lipinski definition) is 2. The van der Waals surface area contributed by atoms with Crippen molar-refractivity contribution in [1.82, 2.24) is 4.90 Å². The molecule has 0 aromatic heterocycles. The average molecular weight is 285 g/mol. The third kappa shape index (κ3) is 2.10. The first-order chi connectivity index (χ1) is 10.2. The summed E-state index contributed by atoms with van der Waals surface area (Å²) in [6.45, 7) is 2.62. The van der Waals surface area contributed by atoms with Crippen LogP contribution in [0.15, 0.2) is 18.2 Å². The molecule has 2 fully saturated rings. The fourth-order valence-electron chi connectivity index (χ4n) is 4.85. The van der Waals surface area contributed by atoms with Crippen molar-refractivity contribution in [2.24, 2.45) is 11.3 Å². The number of aliphatic carboxylic acids is 1. The van der Waals surface area contributed by atoms with Gasteiger partial charge in [-0.3, -0.25) is 9.69 Å². The molecule has 21 heavy (non-hydrogen) atoms. The molecule has 0 unspecified atom stereocenters. The Morgan fingerprint density at radius 1 is 1.29 bits per heavy atom. The largest absolute Gasteiger partial charge is 0.481 e. The molecule has 4 rings (SSSR count). The van der Waals surface area contributed by atoms with Crippen LogP contribution in [0.4, 0.5) is 0 Å². The molecule has 3 heteroatoms. The number of carbonyl (C=O) groups is 1. The number of fused-ring (bicyclic) bond motifs is 2. The maximum atomic E-state index is 11.7. The van der Waals surface area contributed by atoms with Gasteiger partial charge in [-0.15, -0.1) is 0 Å². The number of nitrogens with zero attached hydrogens (tertiary/aromatic N) is 1. The standard InChI is InChI=1S/C18H23NO2/c20-17(21)18-8-2-5-16(18)11-19(12-18)10-13-6-7-14-3-1-4-15(14)9-13/h6-7,9,16H,1-5,8,10-12H2,(H,20,21)/t16-,18+/m0/s1. The van der Waals surface area contributed by atoms with Crippen LogP contribution in [0.2, 0.25) is 0 Å². The Balaban J connectivity index is 1.50. The van der Waals surface area contributed by atoms with Gasteiger partial charge < -0.3 is 5.11 Å². The Bertz CT molecular complexity index is 583. The zero-order chi connectivity index (χ0) is 14.4. The Labute approximate surface area is 126 Å². The van der Waals surface area contributed by atoms with Gasteiger partial charge >= 0.3 is 5.97 Å². The second-order valence-corrected chi connectivity index (χ2v) is 7.18. The first-order valence-electron chi connectivity index (χ1n) is 8.24. The number of aryl methyl sites for hydroxylation is 2. The van der Waals surface area contributed by atoms with E-state index in [2.05, 4.69) is 23.1 Å². The summed E-state index contributed by atoms with van der Waals surface area (Å²) in [4.78, 5) is 14.1. The van der Waals surface area contributed by atoms with Crippen LogP contribution in [-0.2, 0) is 24.2 Å². The summed E-state index contributed by atoms with van der Waals surface area (Å²) in [5.41, 5.74) is 3.94. The molecule has 1 aromatic rings. The van der Waals surface area contributed by atoms with Gasteiger partial charge in [0.05, 0.1) is 5.41 Å². The molecule has 0 radical (unpaired) electrons. The van der Waals surface area contributed by atoms with Crippen molar-refractivity contribution >= 4 is 5.97 Å². The second kappa shape index (κ2) is 4.84. The smallest absolute Gasteiger partial charge is 0.311 e. The van der Waals surface area contributed by atoms with Crippen molar-refractivity contribution in [3.63, 3.8) is 0 Å². The summed E-state index contributed by atoms with van der Waals surface area (Å²) in [6.07, 6.45) is 6.77. The van der Waals surface area contributed by atoms with Gasteiger partial charge in [-0.1, -0.05) is 24.6 Å². The maximum absolute atomic E-state index is 11.7. The third-order valence-corrected chi connectivity index (χ3v) is 5.94. The Morgan fingerprint density at radius 2 is 2.14 bits per heavy atom. The molecule has 3 nitrogen and oxygen atoms in total. The lowest BCUT2D eigenvalue weighted by Gasteiger charge is -2.23. The van der Waals surface area contributed by atoms with E-state index in [4.69, 9.17) is 0 Å². The summed E-state index contributed by atoms with van der Waals surface area (Å²) >= 11 is 0. The maximum Gasteiger partial charge on any atom is 0.311 e. The zero-order valence-corrected chi connectivity index (χ0v) is 12.5. The van der Waals surface area contributed by atoms with Crippen LogP contribution in [0.1, 0.15) is 42.4 Å². The molecule has 0 amide bonds. The topological polar surface area (TPSA) is 40.5 Å². The van der Waals surface area contributed by atoms with Crippen LogP contribution in [0.3, 0.4) is 0 Å².